The summed E-state index contributed by atoms with van der Waals surface area (Å²) >= 11 is 9.27. The van der Waals surface area contributed by atoms with Crippen molar-refractivity contribution in [3.05, 3.63) is 52.4 Å². The van der Waals surface area contributed by atoms with Gasteiger partial charge in [0.05, 0.1) is 22.6 Å². The van der Waals surface area contributed by atoms with Gasteiger partial charge in [-0.25, -0.2) is 14.1 Å². The molecular weight excluding hydrogens is 416 g/mol. The minimum absolute atomic E-state index is 0.168. The van der Waals surface area contributed by atoms with Crippen molar-refractivity contribution in [1.29, 1.82) is 0 Å². The Bertz CT molecular complexity index is 886. The van der Waals surface area contributed by atoms with Gasteiger partial charge in [-0.1, -0.05) is 7.92 Å². The highest BCUT2D eigenvalue weighted by atomic mass is 79.9. The Kier molecular flexibility index (Phi) is 5.13. The molecule has 0 bridgehead atoms. The van der Waals surface area contributed by atoms with Crippen LogP contribution in [0.2, 0.25) is 5.28 Å². The molecule has 0 amide bonds. The van der Waals surface area contributed by atoms with E-state index in [1.165, 1.54) is 17.1 Å². The van der Waals surface area contributed by atoms with Gasteiger partial charge in [-0.05, 0) is 59.1 Å². The van der Waals surface area contributed by atoms with Gasteiger partial charge >= 0.3 is 0 Å². The molecule has 1 aromatic carbocycles. The van der Waals surface area contributed by atoms with Crippen molar-refractivity contribution in [2.75, 3.05) is 18.6 Å². The van der Waals surface area contributed by atoms with Gasteiger partial charge in [0.25, 0.3) is 0 Å². The van der Waals surface area contributed by atoms with Crippen molar-refractivity contribution < 1.29 is 4.39 Å². The van der Waals surface area contributed by atoms with E-state index in [2.05, 4.69) is 49.6 Å². The van der Waals surface area contributed by atoms with Gasteiger partial charge in [-0.3, -0.25) is 0 Å². The first-order valence-corrected chi connectivity index (χ1v) is 10.3. The second-order valence-corrected chi connectivity index (χ2v) is 8.62. The first-order chi connectivity index (χ1) is 11.4. The molecule has 124 valence electrons. The molecule has 0 fully saturated rings. The van der Waals surface area contributed by atoms with E-state index < -0.39 is 7.92 Å². The van der Waals surface area contributed by atoms with Crippen LogP contribution in [0.5, 0.6) is 0 Å². The lowest BCUT2D eigenvalue weighted by Gasteiger charge is -2.17. The van der Waals surface area contributed by atoms with E-state index in [-0.39, 0.29) is 11.1 Å². The minimum atomic E-state index is -0.419. The summed E-state index contributed by atoms with van der Waals surface area (Å²) in [4.78, 5) is 8.11. The molecule has 0 saturated heterocycles. The third-order valence-electron chi connectivity index (χ3n) is 3.25. The standard InChI is InChI=1S/C15H13BrClFN5P/c1-24(2)13-5-10(23-8-9(18)6-20-23)3-4-12(13)21-14-11(16)7-19-15(17)22-14/h3-8H,1-2H3,(H,19,21,22). The van der Waals surface area contributed by atoms with E-state index in [4.69, 9.17) is 11.6 Å². The van der Waals surface area contributed by atoms with Crippen LogP contribution in [-0.4, -0.2) is 33.1 Å². The van der Waals surface area contributed by atoms with Crippen LogP contribution in [0.25, 0.3) is 5.69 Å². The van der Waals surface area contributed by atoms with Crippen LogP contribution in [0.15, 0.2) is 41.3 Å². The van der Waals surface area contributed by atoms with Gasteiger partial charge in [0.15, 0.2) is 5.82 Å². The zero-order chi connectivity index (χ0) is 17.3. The normalized spacial score (nSPS) is 11.1. The molecule has 1 N–H and O–H groups in total. The Hall–Kier alpha value is -1.56. The Morgan fingerprint density at radius 1 is 1.29 bits per heavy atom. The van der Waals surface area contributed by atoms with Crippen molar-refractivity contribution in [1.82, 2.24) is 19.7 Å². The second-order valence-electron chi connectivity index (χ2n) is 5.16. The zero-order valence-electron chi connectivity index (χ0n) is 12.8. The van der Waals surface area contributed by atoms with Crippen LogP contribution in [0.3, 0.4) is 0 Å². The fourth-order valence-corrected chi connectivity index (χ4v) is 3.57. The molecule has 2 aromatic heterocycles. The van der Waals surface area contributed by atoms with Crippen LogP contribution >= 0.6 is 35.5 Å². The Morgan fingerprint density at radius 3 is 2.75 bits per heavy atom. The smallest absolute Gasteiger partial charge is 0.224 e. The van der Waals surface area contributed by atoms with Gasteiger partial charge < -0.3 is 5.32 Å². The van der Waals surface area contributed by atoms with Crippen LogP contribution in [-0.2, 0) is 0 Å². The molecule has 24 heavy (non-hydrogen) atoms. The molecule has 0 radical (unpaired) electrons. The summed E-state index contributed by atoms with van der Waals surface area (Å²) in [6.07, 6.45) is 4.13. The third kappa shape index (κ3) is 3.74. The first kappa shape index (κ1) is 17.3. The first-order valence-electron chi connectivity index (χ1n) is 6.91. The molecule has 5 nitrogen and oxygen atoms in total. The van der Waals surface area contributed by atoms with Gasteiger partial charge in [0.1, 0.15) is 5.82 Å². The lowest BCUT2D eigenvalue weighted by molar-refractivity contribution is 0.627. The largest absolute Gasteiger partial charge is 0.339 e. The molecule has 3 aromatic rings. The van der Waals surface area contributed by atoms with E-state index in [0.717, 1.165) is 16.7 Å². The number of aromatic nitrogens is 4. The maximum Gasteiger partial charge on any atom is 0.224 e. The fraction of sp³-hybridized carbons (Fsp3) is 0.133. The SMILES string of the molecule is CP(C)c1cc(-n2cc(F)cn2)ccc1Nc1nc(Cl)ncc1Br. The summed E-state index contributed by atoms with van der Waals surface area (Å²) in [5.41, 5.74) is 1.72. The second kappa shape index (κ2) is 7.13. The molecule has 0 atom stereocenters. The number of anilines is 2. The molecular formula is C15H13BrClFN5P. The van der Waals surface area contributed by atoms with Gasteiger partial charge in [0.2, 0.25) is 5.28 Å². The van der Waals surface area contributed by atoms with Crippen molar-refractivity contribution in [3.63, 3.8) is 0 Å². The minimum Gasteiger partial charge on any atom is -0.339 e. The van der Waals surface area contributed by atoms with Crippen molar-refractivity contribution >= 4 is 52.3 Å². The quantitative estimate of drug-likeness (QED) is 0.496. The van der Waals surface area contributed by atoms with Gasteiger partial charge in [-0.15, -0.1) is 0 Å². The van der Waals surface area contributed by atoms with Crippen LogP contribution < -0.4 is 10.6 Å². The van der Waals surface area contributed by atoms with Crippen LogP contribution in [0.4, 0.5) is 15.9 Å². The molecule has 0 unspecified atom stereocenters. The highest BCUT2D eigenvalue weighted by molar-refractivity contribution is 9.10. The summed E-state index contributed by atoms with van der Waals surface area (Å²) in [7, 11) is -0.419. The van der Waals surface area contributed by atoms with Crippen molar-refractivity contribution in [2.24, 2.45) is 0 Å². The van der Waals surface area contributed by atoms with Crippen molar-refractivity contribution in [3.8, 4) is 5.69 Å². The maximum absolute atomic E-state index is 13.2. The molecule has 0 aliphatic heterocycles. The highest BCUT2D eigenvalue weighted by Crippen LogP contribution is 2.32. The monoisotopic (exact) mass is 427 g/mol. The van der Waals surface area contributed by atoms with E-state index in [1.54, 1.807) is 6.20 Å². The predicted molar refractivity (Wildman–Crippen MR) is 99.9 cm³/mol. The van der Waals surface area contributed by atoms with Crippen LogP contribution in [0, 0.1) is 5.82 Å². The molecule has 0 aliphatic rings. The van der Waals surface area contributed by atoms with Crippen LogP contribution in [0.1, 0.15) is 0 Å². The summed E-state index contributed by atoms with van der Waals surface area (Å²) < 4.78 is 15.4. The fourth-order valence-electron chi connectivity index (χ4n) is 2.14. The zero-order valence-corrected chi connectivity index (χ0v) is 16.1. The average molecular weight is 429 g/mol. The number of hydrogen-bond acceptors (Lipinski definition) is 4. The van der Waals surface area contributed by atoms with E-state index >= 15 is 0 Å². The Morgan fingerprint density at radius 2 is 2.08 bits per heavy atom. The number of hydrogen-bond donors (Lipinski definition) is 1. The Labute approximate surface area is 153 Å². The average Bonchev–Trinajstić information content (AvgIpc) is 2.97. The number of rotatable bonds is 4. The lowest BCUT2D eigenvalue weighted by Crippen LogP contribution is -2.11. The summed E-state index contributed by atoms with van der Waals surface area (Å²) in [6.45, 7) is 4.29. The number of benzene rings is 1. The predicted octanol–water partition coefficient (Wildman–Crippen LogP) is 4.33. The lowest BCUT2D eigenvalue weighted by atomic mass is 10.2. The number of nitrogens with one attached hydrogen (secondary N) is 1. The van der Waals surface area contributed by atoms with Gasteiger partial charge in [0, 0.05) is 17.2 Å². The molecule has 3 rings (SSSR count). The molecule has 0 saturated carbocycles. The maximum atomic E-state index is 13.2. The van der Waals surface area contributed by atoms with E-state index in [9.17, 15) is 4.39 Å². The Balaban J connectivity index is 2.00. The molecule has 0 spiro atoms. The topological polar surface area (TPSA) is 55.6 Å². The summed E-state index contributed by atoms with van der Waals surface area (Å²) in [6, 6.07) is 5.79. The number of nitrogens with zero attached hydrogens (tertiary/aromatic N) is 4. The van der Waals surface area contributed by atoms with Crippen molar-refractivity contribution in [2.45, 2.75) is 0 Å². The molecule has 2 heterocycles. The number of halogens is 3. The van der Waals surface area contributed by atoms with E-state index in [1.807, 2.05) is 18.2 Å². The summed E-state index contributed by atoms with van der Waals surface area (Å²) in [5, 5.41) is 8.56. The highest BCUT2D eigenvalue weighted by Gasteiger charge is 2.12. The third-order valence-corrected chi connectivity index (χ3v) is 5.34. The molecule has 0 aliphatic carbocycles. The van der Waals surface area contributed by atoms with Gasteiger partial charge in [-0.2, -0.15) is 10.1 Å². The summed E-state index contributed by atoms with van der Waals surface area (Å²) in [5.74, 6) is 0.222. The molecule has 9 heteroatoms. The van der Waals surface area contributed by atoms with E-state index in [0.29, 0.717) is 10.3 Å².